The minimum Gasteiger partial charge on any atom is -0.0926 e. The van der Waals surface area contributed by atoms with Crippen LogP contribution in [0.4, 0.5) is 0 Å². The van der Waals surface area contributed by atoms with E-state index >= 15 is 0 Å². The third-order valence-corrected chi connectivity index (χ3v) is 5.27. The summed E-state index contributed by atoms with van der Waals surface area (Å²) in [6.45, 7) is 12.3. The molecule has 0 aliphatic heterocycles. The van der Waals surface area contributed by atoms with Gasteiger partial charge in [0.15, 0.2) is 0 Å². The van der Waals surface area contributed by atoms with Gasteiger partial charge in [-0.2, -0.15) is 0 Å². The molecule has 0 bridgehead atoms. The number of benzene rings is 4. The van der Waals surface area contributed by atoms with Crippen LogP contribution in [-0.2, 0) is 0 Å². The van der Waals surface area contributed by atoms with Gasteiger partial charge in [-0.05, 0) is 61.7 Å². The van der Waals surface area contributed by atoms with Crippen LogP contribution in [0.25, 0.3) is 10.8 Å². The van der Waals surface area contributed by atoms with Gasteiger partial charge in [0.2, 0.25) is 0 Å². The molecule has 0 unspecified atom stereocenters. The number of rotatable bonds is 0. The summed E-state index contributed by atoms with van der Waals surface area (Å²) in [6.07, 6.45) is 0. The third-order valence-electron chi connectivity index (χ3n) is 5.27. The molecule has 0 saturated carbocycles. The van der Waals surface area contributed by atoms with Crippen LogP contribution in [0.3, 0.4) is 0 Å². The monoisotopic (exact) mass is 412 g/mol. The molecule has 4 aromatic rings. The Balaban J connectivity index is 0.000000224. The van der Waals surface area contributed by atoms with Gasteiger partial charge in [0, 0.05) is 11.1 Å². The summed E-state index contributed by atoms with van der Waals surface area (Å²) in [5.74, 6) is 6.18. The lowest BCUT2D eigenvalue weighted by Gasteiger charge is -2.03. The predicted octanol–water partition coefficient (Wildman–Crippen LogP) is 5.77. The molecule has 0 spiro atoms. The maximum absolute atomic E-state index is 5.85. The standard InChI is InChI=1S/C16H12B2.C12H12.C2H6/c1-11-3-5-13(9-15(11)17)7-8-14-6-4-12(2)16(18)10-14;1-9-7-8-10(2)12-6-4-3-5-11(9)12;1-2/h3-6,9-10H,1-2H3;3-8H,1-2H3;1-2H3. The van der Waals surface area contributed by atoms with Crippen LogP contribution in [-0.4, -0.2) is 15.7 Å². The lowest BCUT2D eigenvalue weighted by molar-refractivity contribution is 1.46. The zero-order chi connectivity index (χ0) is 23.7. The molecule has 4 radical (unpaired) electrons. The fourth-order valence-electron chi connectivity index (χ4n) is 3.18. The van der Waals surface area contributed by atoms with E-state index in [1.54, 1.807) is 0 Å². The van der Waals surface area contributed by atoms with Crippen molar-refractivity contribution in [3.05, 3.63) is 106 Å². The first-order chi connectivity index (χ1) is 15.3. The largest absolute Gasteiger partial charge is 0.114 e. The molecular formula is C30H30B2. The third kappa shape index (κ3) is 6.66. The topological polar surface area (TPSA) is 0 Å². The molecule has 0 nitrogen and oxygen atoms in total. The average molecular weight is 412 g/mol. The van der Waals surface area contributed by atoms with E-state index in [1.807, 2.05) is 64.1 Å². The molecule has 0 amide bonds. The summed E-state index contributed by atoms with van der Waals surface area (Å²) < 4.78 is 0. The van der Waals surface area contributed by atoms with Crippen LogP contribution in [0, 0.1) is 39.5 Å². The van der Waals surface area contributed by atoms with Crippen LogP contribution in [0.2, 0.25) is 0 Å². The number of fused-ring (bicyclic) bond motifs is 1. The van der Waals surface area contributed by atoms with Gasteiger partial charge in [-0.15, -0.1) is 0 Å². The van der Waals surface area contributed by atoms with Gasteiger partial charge in [-0.3, -0.25) is 0 Å². The first-order valence-corrected chi connectivity index (χ1v) is 11.0. The molecule has 32 heavy (non-hydrogen) atoms. The van der Waals surface area contributed by atoms with E-state index in [9.17, 15) is 0 Å². The van der Waals surface area contributed by atoms with Gasteiger partial charge < -0.3 is 0 Å². The minimum atomic E-state index is 0.769. The number of hydrogen-bond acceptors (Lipinski definition) is 0. The highest BCUT2D eigenvalue weighted by Crippen LogP contribution is 2.21. The molecule has 2 heteroatoms. The SMILES string of the molecule is CC.Cc1ccc(C)c2ccccc12.[B]c1cc(C#Cc2ccc(C)c([B])c2)ccc1C. The molecule has 4 rings (SSSR count). The van der Waals surface area contributed by atoms with Crippen molar-refractivity contribution in [2.75, 3.05) is 0 Å². The van der Waals surface area contributed by atoms with Crippen LogP contribution in [0.15, 0.2) is 72.8 Å². The molecule has 0 N–H and O–H groups in total. The van der Waals surface area contributed by atoms with Crippen LogP contribution >= 0.6 is 0 Å². The highest BCUT2D eigenvalue weighted by atomic mass is 14.0. The highest BCUT2D eigenvalue weighted by molar-refractivity contribution is 6.33. The van der Waals surface area contributed by atoms with E-state index in [-0.39, 0.29) is 0 Å². The summed E-state index contributed by atoms with van der Waals surface area (Å²) in [5, 5.41) is 2.75. The summed E-state index contributed by atoms with van der Waals surface area (Å²) in [5.41, 5.74) is 8.22. The Bertz CT molecular complexity index is 1160. The Hall–Kier alpha value is -3.17. The van der Waals surface area contributed by atoms with Crippen molar-refractivity contribution in [3.8, 4) is 11.8 Å². The molecule has 0 fully saturated rings. The minimum absolute atomic E-state index is 0.769. The van der Waals surface area contributed by atoms with Crippen molar-refractivity contribution in [3.63, 3.8) is 0 Å². The van der Waals surface area contributed by atoms with Crippen LogP contribution < -0.4 is 10.9 Å². The summed E-state index contributed by atoms with van der Waals surface area (Å²) >= 11 is 0. The van der Waals surface area contributed by atoms with Crippen molar-refractivity contribution < 1.29 is 0 Å². The zero-order valence-electron chi connectivity index (χ0n) is 20.1. The highest BCUT2D eigenvalue weighted by Gasteiger charge is 1.97. The van der Waals surface area contributed by atoms with Gasteiger partial charge in [-0.25, -0.2) is 0 Å². The molecular weight excluding hydrogens is 382 g/mol. The lowest BCUT2D eigenvalue weighted by atomic mass is 9.89. The van der Waals surface area contributed by atoms with E-state index < -0.39 is 0 Å². The fraction of sp³-hybridized carbons (Fsp3) is 0.200. The molecule has 4 aromatic carbocycles. The summed E-state index contributed by atoms with van der Waals surface area (Å²) in [4.78, 5) is 0. The van der Waals surface area contributed by atoms with Gasteiger partial charge in [0.25, 0.3) is 0 Å². The van der Waals surface area contributed by atoms with Crippen molar-refractivity contribution in [2.24, 2.45) is 0 Å². The lowest BCUT2D eigenvalue weighted by Crippen LogP contribution is -2.07. The second kappa shape index (κ2) is 12.0. The van der Waals surface area contributed by atoms with Crippen LogP contribution in [0.5, 0.6) is 0 Å². The second-order valence-electron chi connectivity index (χ2n) is 7.64. The van der Waals surface area contributed by atoms with Crippen molar-refractivity contribution >= 4 is 37.4 Å². The molecule has 0 aliphatic carbocycles. The first-order valence-electron chi connectivity index (χ1n) is 11.0. The Morgan fingerprint density at radius 3 is 1.19 bits per heavy atom. The van der Waals surface area contributed by atoms with Crippen molar-refractivity contribution in [1.29, 1.82) is 0 Å². The van der Waals surface area contributed by atoms with E-state index in [0.29, 0.717) is 0 Å². The normalized spacial score (nSPS) is 9.56. The van der Waals surface area contributed by atoms with Crippen LogP contribution in [0.1, 0.15) is 47.2 Å². The molecule has 0 saturated heterocycles. The van der Waals surface area contributed by atoms with E-state index in [0.717, 1.165) is 33.2 Å². The quantitative estimate of drug-likeness (QED) is 0.254. The van der Waals surface area contributed by atoms with Crippen molar-refractivity contribution in [1.82, 2.24) is 0 Å². The number of aryl methyl sites for hydroxylation is 4. The predicted molar refractivity (Wildman–Crippen MR) is 144 cm³/mol. The Morgan fingerprint density at radius 2 is 0.844 bits per heavy atom. The molecule has 0 aliphatic rings. The second-order valence-corrected chi connectivity index (χ2v) is 7.64. The molecule has 0 heterocycles. The maximum atomic E-state index is 5.85. The molecule has 0 atom stereocenters. The first kappa shape index (κ1) is 25.1. The maximum Gasteiger partial charge on any atom is 0.114 e. The average Bonchev–Trinajstić information content (AvgIpc) is 2.81. The van der Waals surface area contributed by atoms with Gasteiger partial charge in [0.1, 0.15) is 15.7 Å². The molecule has 156 valence electrons. The van der Waals surface area contributed by atoms with E-state index in [4.69, 9.17) is 15.7 Å². The zero-order valence-corrected chi connectivity index (χ0v) is 20.1. The Kier molecular flexibility index (Phi) is 9.42. The van der Waals surface area contributed by atoms with Gasteiger partial charge >= 0.3 is 0 Å². The van der Waals surface area contributed by atoms with E-state index in [2.05, 4.69) is 62.1 Å². The summed E-state index contributed by atoms with van der Waals surface area (Å²) in [7, 11) is 11.7. The van der Waals surface area contributed by atoms with Gasteiger partial charge in [-0.1, -0.05) is 108 Å². The Morgan fingerprint density at radius 1 is 0.500 bits per heavy atom. The van der Waals surface area contributed by atoms with Crippen molar-refractivity contribution in [2.45, 2.75) is 41.5 Å². The number of hydrogen-bond donors (Lipinski definition) is 0. The molecule has 0 aromatic heterocycles. The summed E-state index contributed by atoms with van der Waals surface area (Å²) in [6, 6.07) is 24.6. The smallest absolute Gasteiger partial charge is 0.0926 e. The Labute approximate surface area is 196 Å². The van der Waals surface area contributed by atoms with Gasteiger partial charge in [0.05, 0.1) is 0 Å². The van der Waals surface area contributed by atoms with E-state index in [1.165, 1.54) is 21.9 Å². The fourth-order valence-corrected chi connectivity index (χ4v) is 3.18.